The van der Waals surface area contributed by atoms with Crippen LogP contribution in [0.15, 0.2) is 17.6 Å². The lowest BCUT2D eigenvalue weighted by Gasteiger charge is -2.23. The Morgan fingerprint density at radius 1 is 1.52 bits per heavy atom. The van der Waals surface area contributed by atoms with E-state index in [-0.39, 0.29) is 24.7 Å². The number of anilines is 1. The van der Waals surface area contributed by atoms with Crippen molar-refractivity contribution in [2.24, 2.45) is 0 Å². The van der Waals surface area contributed by atoms with E-state index in [2.05, 4.69) is 4.98 Å². The number of aromatic nitrogens is 1. The molecule has 7 nitrogen and oxygen atoms in total. The molecule has 21 heavy (non-hydrogen) atoms. The number of nitro groups is 1. The molecule has 1 heterocycles. The van der Waals surface area contributed by atoms with Gasteiger partial charge < -0.3 is 10.0 Å². The number of fused-ring (bicyclic) bond motifs is 1. The Labute approximate surface area is 124 Å². The summed E-state index contributed by atoms with van der Waals surface area (Å²) in [4.78, 5) is 27.8. The fourth-order valence-corrected chi connectivity index (χ4v) is 3.10. The van der Waals surface area contributed by atoms with Crippen molar-refractivity contribution in [2.45, 2.75) is 25.3 Å². The van der Waals surface area contributed by atoms with Crippen LogP contribution in [0.25, 0.3) is 10.2 Å². The van der Waals surface area contributed by atoms with E-state index in [1.165, 1.54) is 11.3 Å². The SMILES string of the molecule is O=C(O)CCN(c1ccc2scnc2c1[N+](=O)[O-])C1CC1. The molecule has 0 atom stereocenters. The van der Waals surface area contributed by atoms with Crippen LogP contribution in [0, 0.1) is 10.1 Å². The van der Waals surface area contributed by atoms with E-state index in [4.69, 9.17) is 5.11 Å². The molecule has 8 heteroatoms. The van der Waals surface area contributed by atoms with E-state index in [0.29, 0.717) is 11.2 Å². The molecule has 1 aliphatic rings. The number of carboxylic acid groups (broad SMARTS) is 1. The Balaban J connectivity index is 2.05. The van der Waals surface area contributed by atoms with E-state index in [0.717, 1.165) is 17.5 Å². The highest BCUT2D eigenvalue weighted by molar-refractivity contribution is 7.16. The van der Waals surface area contributed by atoms with Crippen molar-refractivity contribution >= 4 is 38.9 Å². The maximum absolute atomic E-state index is 11.4. The molecule has 110 valence electrons. The van der Waals surface area contributed by atoms with Crippen LogP contribution in [0.1, 0.15) is 19.3 Å². The van der Waals surface area contributed by atoms with Crippen LogP contribution < -0.4 is 4.90 Å². The van der Waals surface area contributed by atoms with Gasteiger partial charge in [0.2, 0.25) is 0 Å². The predicted octanol–water partition coefficient (Wildman–Crippen LogP) is 2.65. The van der Waals surface area contributed by atoms with Crippen molar-refractivity contribution in [3.8, 4) is 0 Å². The summed E-state index contributed by atoms with van der Waals surface area (Å²) >= 11 is 1.35. The number of carboxylic acids is 1. The summed E-state index contributed by atoms with van der Waals surface area (Å²) in [6, 6.07) is 3.71. The number of carbonyl (C=O) groups is 1. The monoisotopic (exact) mass is 307 g/mol. The first-order valence-corrected chi connectivity index (χ1v) is 7.45. The minimum absolute atomic E-state index is 0.0222. The van der Waals surface area contributed by atoms with E-state index in [9.17, 15) is 14.9 Å². The Bertz CT molecular complexity index is 711. The number of aliphatic carboxylic acids is 1. The van der Waals surface area contributed by atoms with Gasteiger partial charge in [-0.15, -0.1) is 11.3 Å². The second-order valence-corrected chi connectivity index (χ2v) is 5.84. The fourth-order valence-electron chi connectivity index (χ4n) is 2.42. The Morgan fingerprint density at radius 3 is 2.90 bits per heavy atom. The van der Waals surface area contributed by atoms with Gasteiger partial charge in [0.1, 0.15) is 5.69 Å². The van der Waals surface area contributed by atoms with Gasteiger partial charge >= 0.3 is 11.7 Å². The van der Waals surface area contributed by atoms with Gasteiger partial charge in [0.05, 0.1) is 21.6 Å². The van der Waals surface area contributed by atoms with Gasteiger partial charge in [-0.05, 0) is 25.0 Å². The van der Waals surface area contributed by atoms with Crippen LogP contribution >= 0.6 is 11.3 Å². The number of hydrogen-bond acceptors (Lipinski definition) is 6. The Kier molecular flexibility index (Phi) is 3.46. The molecule has 1 aromatic carbocycles. The summed E-state index contributed by atoms with van der Waals surface area (Å²) in [5.74, 6) is -0.905. The summed E-state index contributed by atoms with van der Waals surface area (Å²) in [6.07, 6.45) is 1.83. The van der Waals surface area contributed by atoms with Gasteiger partial charge in [-0.25, -0.2) is 4.98 Å². The third-order valence-corrected chi connectivity index (χ3v) is 4.29. The van der Waals surface area contributed by atoms with Crippen molar-refractivity contribution in [1.82, 2.24) is 4.98 Å². The molecule has 0 saturated heterocycles. The predicted molar refractivity (Wildman–Crippen MR) is 78.9 cm³/mol. The Hall–Kier alpha value is -2.22. The fraction of sp³-hybridized carbons (Fsp3) is 0.385. The van der Waals surface area contributed by atoms with Gasteiger partial charge in [0.25, 0.3) is 0 Å². The van der Waals surface area contributed by atoms with Crippen molar-refractivity contribution in [3.05, 3.63) is 27.8 Å². The topological polar surface area (TPSA) is 96.6 Å². The van der Waals surface area contributed by atoms with Crippen LogP contribution in [-0.2, 0) is 4.79 Å². The van der Waals surface area contributed by atoms with Crippen LogP contribution in [-0.4, -0.2) is 33.6 Å². The lowest BCUT2D eigenvalue weighted by atomic mass is 10.2. The maximum Gasteiger partial charge on any atom is 0.319 e. The molecule has 0 unspecified atom stereocenters. The van der Waals surface area contributed by atoms with Gasteiger partial charge in [-0.3, -0.25) is 14.9 Å². The number of benzene rings is 1. The molecular weight excluding hydrogens is 294 g/mol. The molecule has 0 spiro atoms. The van der Waals surface area contributed by atoms with Gasteiger partial charge in [-0.1, -0.05) is 0 Å². The van der Waals surface area contributed by atoms with E-state index < -0.39 is 10.9 Å². The van der Waals surface area contributed by atoms with Crippen molar-refractivity contribution in [2.75, 3.05) is 11.4 Å². The summed E-state index contributed by atoms with van der Waals surface area (Å²) in [5.41, 5.74) is 2.41. The van der Waals surface area contributed by atoms with Crippen LogP contribution in [0.3, 0.4) is 0 Å². The lowest BCUT2D eigenvalue weighted by molar-refractivity contribution is -0.382. The van der Waals surface area contributed by atoms with Crippen molar-refractivity contribution < 1.29 is 14.8 Å². The molecule has 0 aliphatic heterocycles. The first-order chi connectivity index (χ1) is 10.1. The summed E-state index contributed by atoms with van der Waals surface area (Å²) in [7, 11) is 0. The summed E-state index contributed by atoms with van der Waals surface area (Å²) in [5, 5.41) is 20.3. The molecular formula is C13H13N3O4S. The van der Waals surface area contributed by atoms with Gasteiger partial charge in [0.15, 0.2) is 5.52 Å². The van der Waals surface area contributed by atoms with Crippen molar-refractivity contribution in [3.63, 3.8) is 0 Å². The van der Waals surface area contributed by atoms with Gasteiger partial charge in [0, 0.05) is 12.6 Å². The zero-order valence-electron chi connectivity index (χ0n) is 11.1. The second-order valence-electron chi connectivity index (χ2n) is 4.96. The number of nitrogens with zero attached hydrogens (tertiary/aromatic N) is 3. The van der Waals surface area contributed by atoms with Crippen LogP contribution in [0.2, 0.25) is 0 Å². The number of hydrogen-bond donors (Lipinski definition) is 1. The highest BCUT2D eigenvalue weighted by Crippen LogP contribution is 2.41. The quantitative estimate of drug-likeness (QED) is 0.651. The molecule has 0 bridgehead atoms. The molecule has 0 radical (unpaired) electrons. The molecule has 1 fully saturated rings. The average molecular weight is 307 g/mol. The standard InChI is InChI=1S/C13H13N3O4S/c17-11(18)5-6-15(8-1-2-8)9-3-4-10-12(14-7-21-10)13(9)16(19)20/h3-4,7-8H,1-2,5-6H2,(H,17,18). The normalized spacial score (nSPS) is 14.3. The zero-order valence-corrected chi connectivity index (χ0v) is 11.9. The van der Waals surface area contributed by atoms with E-state index in [1.807, 2.05) is 11.0 Å². The average Bonchev–Trinajstić information content (AvgIpc) is 3.15. The second kappa shape index (κ2) is 5.28. The van der Waals surface area contributed by atoms with Crippen LogP contribution in [0.5, 0.6) is 0 Å². The largest absolute Gasteiger partial charge is 0.481 e. The van der Waals surface area contributed by atoms with E-state index in [1.54, 1.807) is 11.6 Å². The zero-order chi connectivity index (χ0) is 15.0. The van der Waals surface area contributed by atoms with Gasteiger partial charge in [-0.2, -0.15) is 0 Å². The lowest BCUT2D eigenvalue weighted by Crippen LogP contribution is -2.29. The number of rotatable bonds is 6. The third kappa shape index (κ3) is 2.66. The molecule has 1 saturated carbocycles. The first kappa shape index (κ1) is 13.7. The minimum Gasteiger partial charge on any atom is -0.481 e. The van der Waals surface area contributed by atoms with E-state index >= 15 is 0 Å². The summed E-state index contributed by atoms with van der Waals surface area (Å²) in [6.45, 7) is 0.274. The summed E-state index contributed by atoms with van der Waals surface area (Å²) < 4.78 is 0.763. The number of thiazole rings is 1. The van der Waals surface area contributed by atoms with Crippen LogP contribution in [0.4, 0.5) is 11.4 Å². The molecule has 0 amide bonds. The van der Waals surface area contributed by atoms with Crippen molar-refractivity contribution in [1.29, 1.82) is 0 Å². The highest BCUT2D eigenvalue weighted by atomic mass is 32.1. The minimum atomic E-state index is -0.905. The highest BCUT2D eigenvalue weighted by Gasteiger charge is 2.34. The first-order valence-electron chi connectivity index (χ1n) is 6.57. The molecule has 2 aromatic rings. The third-order valence-electron chi connectivity index (χ3n) is 3.50. The Morgan fingerprint density at radius 2 is 2.29 bits per heavy atom. The number of nitro benzene ring substituents is 1. The smallest absolute Gasteiger partial charge is 0.319 e. The molecule has 1 aromatic heterocycles. The molecule has 1 N–H and O–H groups in total. The maximum atomic E-state index is 11.4. The molecule has 3 rings (SSSR count). The molecule has 1 aliphatic carbocycles.